The van der Waals surface area contributed by atoms with Crippen molar-refractivity contribution >= 4 is 29.6 Å². The summed E-state index contributed by atoms with van der Waals surface area (Å²) in [4.78, 5) is 28.6. The fourth-order valence-electron chi connectivity index (χ4n) is 1.44. The van der Waals surface area contributed by atoms with E-state index in [-0.39, 0.29) is 10.8 Å². The van der Waals surface area contributed by atoms with Gasteiger partial charge in [-0.05, 0) is 41.5 Å². The zero-order valence-corrected chi connectivity index (χ0v) is 14.7. The summed E-state index contributed by atoms with van der Waals surface area (Å²) in [6, 6.07) is 2.12. The molecule has 0 unspecified atom stereocenters. The van der Waals surface area contributed by atoms with Gasteiger partial charge in [-0.25, -0.2) is 14.6 Å². The summed E-state index contributed by atoms with van der Waals surface area (Å²) in [5.41, 5.74) is -1.73. The molecule has 23 heavy (non-hydrogen) atoms. The first kappa shape index (κ1) is 19.2. The Hall–Kier alpha value is -1.89. The van der Waals surface area contributed by atoms with Crippen LogP contribution in [0, 0.1) is 5.95 Å². The van der Waals surface area contributed by atoms with Gasteiger partial charge in [0.2, 0.25) is 5.95 Å². The normalized spacial score (nSPS) is 11.8. The predicted octanol–water partition coefficient (Wildman–Crippen LogP) is 4.55. The summed E-state index contributed by atoms with van der Waals surface area (Å²) in [6.07, 6.45) is -2.08. The van der Waals surface area contributed by atoms with E-state index < -0.39 is 29.3 Å². The first-order valence-corrected chi connectivity index (χ1v) is 7.25. The Bertz CT molecular complexity index is 560. The van der Waals surface area contributed by atoms with E-state index in [0.717, 1.165) is 6.07 Å². The number of amides is 2. The molecule has 0 radical (unpaired) electrons. The van der Waals surface area contributed by atoms with Crippen LogP contribution < -0.4 is 4.90 Å². The Labute approximate surface area is 139 Å². The Morgan fingerprint density at radius 3 is 1.83 bits per heavy atom. The minimum absolute atomic E-state index is 0.0235. The fourth-order valence-corrected chi connectivity index (χ4v) is 1.63. The number of pyridine rings is 1. The average molecular weight is 347 g/mol. The quantitative estimate of drug-likeness (QED) is 0.698. The molecular weight excluding hydrogens is 327 g/mol. The summed E-state index contributed by atoms with van der Waals surface area (Å²) in [5.74, 6) is -1.26. The number of ether oxygens (including phenoxy) is 2. The lowest BCUT2D eigenvalue weighted by atomic mass is 10.2. The highest BCUT2D eigenvalue weighted by Gasteiger charge is 2.34. The van der Waals surface area contributed by atoms with Gasteiger partial charge in [-0.2, -0.15) is 9.29 Å². The van der Waals surface area contributed by atoms with Crippen LogP contribution in [0.25, 0.3) is 0 Å². The van der Waals surface area contributed by atoms with Crippen molar-refractivity contribution in [3.63, 3.8) is 0 Å². The number of rotatable bonds is 1. The Balaban J connectivity index is 3.25. The van der Waals surface area contributed by atoms with E-state index in [1.807, 2.05) is 0 Å². The summed E-state index contributed by atoms with van der Waals surface area (Å²) < 4.78 is 23.8. The summed E-state index contributed by atoms with van der Waals surface area (Å²) >= 11 is 5.76. The fraction of sp³-hybridized carbons (Fsp3) is 0.533. The maximum absolute atomic E-state index is 13.5. The number of nitrogens with zero attached hydrogens (tertiary/aromatic N) is 2. The van der Waals surface area contributed by atoms with Crippen molar-refractivity contribution < 1.29 is 23.5 Å². The third-order valence-electron chi connectivity index (χ3n) is 2.13. The van der Waals surface area contributed by atoms with E-state index in [9.17, 15) is 14.0 Å². The Morgan fingerprint density at radius 2 is 1.48 bits per heavy atom. The van der Waals surface area contributed by atoms with Crippen molar-refractivity contribution in [3.8, 4) is 0 Å². The van der Waals surface area contributed by atoms with E-state index in [0.29, 0.717) is 4.90 Å². The number of carbonyl (C=O) groups excluding carboxylic acids is 2. The number of halogens is 2. The van der Waals surface area contributed by atoms with Gasteiger partial charge in [0.1, 0.15) is 11.2 Å². The van der Waals surface area contributed by atoms with Crippen LogP contribution in [0.4, 0.5) is 19.8 Å². The van der Waals surface area contributed by atoms with Gasteiger partial charge in [-0.1, -0.05) is 11.6 Å². The van der Waals surface area contributed by atoms with Crippen molar-refractivity contribution in [1.29, 1.82) is 0 Å². The third kappa shape index (κ3) is 6.40. The molecule has 0 saturated heterocycles. The molecule has 0 spiro atoms. The first-order valence-electron chi connectivity index (χ1n) is 6.88. The molecule has 0 bridgehead atoms. The van der Waals surface area contributed by atoms with Crippen LogP contribution in [0.2, 0.25) is 5.02 Å². The highest BCUT2D eigenvalue weighted by atomic mass is 35.5. The molecule has 8 heteroatoms. The van der Waals surface area contributed by atoms with Crippen molar-refractivity contribution in [1.82, 2.24) is 4.98 Å². The number of carbonyl (C=O) groups is 2. The van der Waals surface area contributed by atoms with E-state index >= 15 is 0 Å². The summed E-state index contributed by atoms with van der Waals surface area (Å²) in [6.45, 7) is 9.77. The van der Waals surface area contributed by atoms with E-state index in [1.54, 1.807) is 41.5 Å². The second kappa shape index (κ2) is 6.70. The molecule has 128 valence electrons. The van der Waals surface area contributed by atoms with Crippen LogP contribution in [0.15, 0.2) is 12.1 Å². The van der Waals surface area contributed by atoms with Crippen LogP contribution in [-0.4, -0.2) is 28.4 Å². The first-order chi connectivity index (χ1) is 10.3. The molecule has 0 atom stereocenters. The van der Waals surface area contributed by atoms with Gasteiger partial charge in [-0.15, -0.1) is 0 Å². The second-order valence-electron chi connectivity index (χ2n) is 6.76. The van der Waals surface area contributed by atoms with Crippen molar-refractivity contribution in [3.05, 3.63) is 23.1 Å². The predicted molar refractivity (Wildman–Crippen MR) is 84.2 cm³/mol. The molecule has 1 heterocycles. The molecular formula is C15H20ClFN2O4. The summed E-state index contributed by atoms with van der Waals surface area (Å²) in [5, 5.41) is -0.0235. The molecule has 1 rings (SSSR count). The highest BCUT2D eigenvalue weighted by molar-refractivity contribution is 6.31. The lowest BCUT2D eigenvalue weighted by molar-refractivity contribution is 0.0429. The maximum Gasteiger partial charge on any atom is 0.425 e. The smallest absolute Gasteiger partial charge is 0.425 e. The van der Waals surface area contributed by atoms with Crippen LogP contribution in [0.3, 0.4) is 0 Å². The molecule has 0 fully saturated rings. The number of imide groups is 1. The molecule has 0 aliphatic rings. The monoisotopic (exact) mass is 346 g/mol. The molecule has 0 aliphatic carbocycles. The largest absolute Gasteiger partial charge is 0.443 e. The Morgan fingerprint density at radius 1 is 1.04 bits per heavy atom. The van der Waals surface area contributed by atoms with Gasteiger partial charge in [-0.3, -0.25) is 0 Å². The van der Waals surface area contributed by atoms with Gasteiger partial charge in [0.05, 0.1) is 0 Å². The molecule has 6 nitrogen and oxygen atoms in total. The van der Waals surface area contributed by atoms with Crippen molar-refractivity contribution in [2.24, 2.45) is 0 Å². The number of hydrogen-bond acceptors (Lipinski definition) is 5. The van der Waals surface area contributed by atoms with E-state index in [2.05, 4.69) is 4.98 Å². The lowest BCUT2D eigenvalue weighted by Gasteiger charge is -2.28. The topological polar surface area (TPSA) is 68.7 Å². The number of hydrogen-bond donors (Lipinski definition) is 0. The SMILES string of the molecule is CC(C)(C)OC(=O)N(C(=O)OC(C)(C)C)c1cc(Cl)cc(F)n1. The second-order valence-corrected chi connectivity index (χ2v) is 7.20. The highest BCUT2D eigenvalue weighted by Crippen LogP contribution is 2.23. The van der Waals surface area contributed by atoms with E-state index in [4.69, 9.17) is 21.1 Å². The van der Waals surface area contributed by atoms with Crippen LogP contribution in [-0.2, 0) is 9.47 Å². The van der Waals surface area contributed by atoms with Gasteiger partial charge in [0.25, 0.3) is 0 Å². The molecule has 0 aromatic carbocycles. The number of aromatic nitrogens is 1. The minimum Gasteiger partial charge on any atom is -0.443 e. The minimum atomic E-state index is -1.04. The van der Waals surface area contributed by atoms with Crippen LogP contribution in [0.1, 0.15) is 41.5 Å². The average Bonchev–Trinajstić information content (AvgIpc) is 2.21. The standard InChI is InChI=1S/C15H20ClFN2O4/c1-14(2,3)22-12(20)19(13(21)23-15(4,5)6)11-8-9(16)7-10(17)18-11/h7-8H,1-6H3. The van der Waals surface area contributed by atoms with Crippen LogP contribution >= 0.6 is 11.6 Å². The zero-order chi connectivity index (χ0) is 18.0. The molecule has 1 aromatic rings. The lowest BCUT2D eigenvalue weighted by Crippen LogP contribution is -2.44. The third-order valence-corrected chi connectivity index (χ3v) is 2.34. The number of anilines is 1. The zero-order valence-electron chi connectivity index (χ0n) is 13.9. The van der Waals surface area contributed by atoms with Gasteiger partial charge < -0.3 is 9.47 Å². The van der Waals surface area contributed by atoms with Crippen molar-refractivity contribution in [2.45, 2.75) is 52.7 Å². The Kier molecular flexibility index (Phi) is 5.58. The molecule has 0 aliphatic heterocycles. The van der Waals surface area contributed by atoms with Gasteiger partial charge in [0.15, 0.2) is 5.82 Å². The summed E-state index contributed by atoms with van der Waals surface area (Å²) in [7, 11) is 0. The van der Waals surface area contributed by atoms with E-state index in [1.165, 1.54) is 6.07 Å². The molecule has 0 N–H and O–H groups in total. The molecule has 0 saturated carbocycles. The maximum atomic E-state index is 13.5. The van der Waals surface area contributed by atoms with Crippen molar-refractivity contribution in [2.75, 3.05) is 4.90 Å². The van der Waals surface area contributed by atoms with Gasteiger partial charge >= 0.3 is 12.2 Å². The van der Waals surface area contributed by atoms with Gasteiger partial charge in [0, 0.05) is 17.2 Å². The molecule has 1 aromatic heterocycles. The van der Waals surface area contributed by atoms with Crippen LogP contribution in [0.5, 0.6) is 0 Å². The molecule has 2 amide bonds.